The van der Waals surface area contributed by atoms with E-state index in [4.69, 9.17) is 23.2 Å². The van der Waals surface area contributed by atoms with Gasteiger partial charge < -0.3 is 4.98 Å². The molecule has 0 saturated heterocycles. The monoisotopic (exact) mass is 378 g/mol. The Labute approximate surface area is 150 Å². The zero-order chi connectivity index (χ0) is 18.0. The Morgan fingerprint density at radius 3 is 2.28 bits per heavy atom. The zero-order valence-electron chi connectivity index (χ0n) is 12.6. The molecule has 2 aromatic carbocycles. The van der Waals surface area contributed by atoms with Crippen molar-refractivity contribution < 1.29 is 8.78 Å². The topological polar surface area (TPSA) is 45.8 Å². The average Bonchev–Trinajstić information content (AvgIpc) is 2.54. The number of halogens is 4. The average molecular weight is 379 g/mol. The van der Waals surface area contributed by atoms with E-state index in [2.05, 4.69) is 9.97 Å². The summed E-state index contributed by atoms with van der Waals surface area (Å²) in [6.07, 6.45) is 1.56. The van der Waals surface area contributed by atoms with Gasteiger partial charge in [-0.15, -0.1) is 0 Å². The van der Waals surface area contributed by atoms with E-state index in [0.717, 1.165) is 5.39 Å². The molecule has 0 amide bonds. The molecule has 0 unspecified atom stereocenters. The van der Waals surface area contributed by atoms with Crippen molar-refractivity contribution in [2.75, 3.05) is 0 Å². The van der Waals surface area contributed by atoms with E-state index in [-0.39, 0.29) is 11.4 Å². The maximum Gasteiger partial charge on any atom is 0.249 e. The molecule has 0 atom stereocenters. The van der Waals surface area contributed by atoms with Crippen LogP contribution < -0.4 is 5.56 Å². The van der Waals surface area contributed by atoms with Crippen LogP contribution in [0.25, 0.3) is 21.8 Å². The number of H-pyrrole nitrogens is 1. The molecule has 3 nitrogen and oxygen atoms in total. The maximum absolute atomic E-state index is 12.7. The third-order valence-electron chi connectivity index (χ3n) is 3.41. The van der Waals surface area contributed by atoms with Gasteiger partial charge in [-0.05, 0) is 36.4 Å². The minimum atomic E-state index is -0.398. The maximum atomic E-state index is 12.7. The number of aromatic amines is 1. The van der Waals surface area contributed by atoms with Crippen LogP contribution in [0.5, 0.6) is 0 Å². The van der Waals surface area contributed by atoms with E-state index < -0.39 is 5.82 Å². The van der Waals surface area contributed by atoms with E-state index >= 15 is 0 Å². The largest absolute Gasteiger partial charge is 0.322 e. The van der Waals surface area contributed by atoms with Gasteiger partial charge in [0.25, 0.3) is 0 Å². The van der Waals surface area contributed by atoms with Crippen LogP contribution in [-0.2, 0) is 0 Å². The molecule has 0 aliphatic heterocycles. The molecule has 4 aromatic rings. The van der Waals surface area contributed by atoms with Crippen LogP contribution in [0.1, 0.15) is 0 Å². The van der Waals surface area contributed by atoms with Gasteiger partial charge in [-0.25, -0.2) is 8.78 Å². The van der Waals surface area contributed by atoms with Crippen LogP contribution in [0.2, 0.25) is 10.0 Å². The molecular formula is C18H10Cl2F2N2O. The Hall–Kier alpha value is -2.50. The minimum Gasteiger partial charge on any atom is -0.322 e. The van der Waals surface area contributed by atoms with E-state index in [9.17, 15) is 13.6 Å². The standard InChI is InChI=1S/C9H5ClFNO.C9H5ClFN/c10-7-4-9(13)12-8-3-5(11)1-2-6(7)8;10-8-3-4-12-9-5-6(11)1-2-7(8)9/h1-4H,(H,12,13);1-5H. The lowest BCUT2D eigenvalue weighted by atomic mass is 10.2. The molecule has 25 heavy (non-hydrogen) atoms. The van der Waals surface area contributed by atoms with E-state index in [1.165, 1.54) is 36.4 Å². The molecule has 0 spiro atoms. The molecule has 126 valence electrons. The third-order valence-corrected chi connectivity index (χ3v) is 4.05. The molecule has 0 radical (unpaired) electrons. The second-order valence-electron chi connectivity index (χ2n) is 5.13. The molecule has 1 N–H and O–H groups in total. The number of rotatable bonds is 0. The predicted octanol–water partition coefficient (Wildman–Crippen LogP) is 5.35. The van der Waals surface area contributed by atoms with E-state index in [0.29, 0.717) is 26.5 Å². The van der Waals surface area contributed by atoms with Crippen molar-refractivity contribution in [2.24, 2.45) is 0 Å². The molecule has 0 fully saturated rings. The SMILES string of the molecule is Fc1ccc2c(Cl)ccnc2c1.O=c1cc(Cl)c2ccc(F)cc2[nH]1. The first kappa shape index (κ1) is 17.3. The van der Waals surface area contributed by atoms with Gasteiger partial charge in [-0.3, -0.25) is 9.78 Å². The van der Waals surface area contributed by atoms with Crippen LogP contribution in [0, 0.1) is 11.6 Å². The number of nitrogens with zero attached hydrogens (tertiary/aromatic N) is 1. The summed E-state index contributed by atoms with van der Waals surface area (Å²) < 4.78 is 25.4. The summed E-state index contributed by atoms with van der Waals surface area (Å²) in [5.41, 5.74) is 0.670. The number of aromatic nitrogens is 2. The highest BCUT2D eigenvalue weighted by atomic mass is 35.5. The summed E-state index contributed by atoms with van der Waals surface area (Å²) in [5.74, 6) is -0.692. The lowest BCUT2D eigenvalue weighted by Crippen LogP contribution is -2.03. The number of nitrogens with one attached hydrogen (secondary N) is 1. The molecule has 7 heteroatoms. The van der Waals surface area contributed by atoms with E-state index in [1.54, 1.807) is 18.3 Å². The highest BCUT2D eigenvalue weighted by Gasteiger charge is 2.01. The van der Waals surface area contributed by atoms with Crippen LogP contribution in [-0.4, -0.2) is 9.97 Å². The summed E-state index contributed by atoms with van der Waals surface area (Å²) in [7, 11) is 0. The van der Waals surface area contributed by atoms with Gasteiger partial charge in [0.05, 0.1) is 21.1 Å². The summed E-state index contributed by atoms with van der Waals surface area (Å²) in [5, 5.41) is 2.35. The number of hydrogen-bond donors (Lipinski definition) is 1. The number of hydrogen-bond acceptors (Lipinski definition) is 2. The van der Waals surface area contributed by atoms with Gasteiger partial charge in [0.2, 0.25) is 5.56 Å². The molecule has 0 bridgehead atoms. The summed E-state index contributed by atoms with van der Waals surface area (Å²) >= 11 is 11.6. The fraction of sp³-hybridized carbons (Fsp3) is 0. The molecule has 0 saturated carbocycles. The van der Waals surface area contributed by atoms with Gasteiger partial charge >= 0.3 is 0 Å². The molecule has 2 heterocycles. The molecule has 2 aromatic heterocycles. The van der Waals surface area contributed by atoms with Crippen molar-refractivity contribution in [3.05, 3.63) is 86.8 Å². The summed E-state index contributed by atoms with van der Waals surface area (Å²) in [6.45, 7) is 0. The highest BCUT2D eigenvalue weighted by Crippen LogP contribution is 2.21. The molecule has 0 aliphatic rings. The van der Waals surface area contributed by atoms with Crippen molar-refractivity contribution in [3.63, 3.8) is 0 Å². The van der Waals surface area contributed by atoms with E-state index in [1.807, 2.05) is 0 Å². The molecule has 0 aliphatic carbocycles. The van der Waals surface area contributed by atoms with Crippen LogP contribution >= 0.6 is 23.2 Å². The quantitative estimate of drug-likeness (QED) is 0.448. The number of benzene rings is 2. The smallest absolute Gasteiger partial charge is 0.249 e. The number of fused-ring (bicyclic) bond motifs is 2. The fourth-order valence-corrected chi connectivity index (χ4v) is 2.76. The Kier molecular flexibility index (Phi) is 4.97. The van der Waals surface area contributed by atoms with Gasteiger partial charge in [0.15, 0.2) is 0 Å². The highest BCUT2D eigenvalue weighted by molar-refractivity contribution is 6.35. The second-order valence-corrected chi connectivity index (χ2v) is 5.94. The second kappa shape index (κ2) is 7.17. The lowest BCUT2D eigenvalue weighted by molar-refractivity contribution is 0.629. The Morgan fingerprint density at radius 2 is 1.52 bits per heavy atom. The Balaban J connectivity index is 0.000000146. The first-order chi connectivity index (χ1) is 11.9. The van der Waals surface area contributed by atoms with Gasteiger partial charge in [0, 0.05) is 29.1 Å². The van der Waals surface area contributed by atoms with Crippen molar-refractivity contribution in [1.29, 1.82) is 0 Å². The van der Waals surface area contributed by atoms with Gasteiger partial charge in [0.1, 0.15) is 11.6 Å². The van der Waals surface area contributed by atoms with Crippen molar-refractivity contribution >= 4 is 45.0 Å². The van der Waals surface area contributed by atoms with Crippen LogP contribution in [0.3, 0.4) is 0 Å². The minimum absolute atomic E-state index is 0.294. The normalized spacial score (nSPS) is 10.6. The Bertz CT molecular complexity index is 1130. The fourth-order valence-electron chi connectivity index (χ4n) is 2.28. The predicted molar refractivity (Wildman–Crippen MR) is 96.2 cm³/mol. The molecular weight excluding hydrogens is 369 g/mol. The van der Waals surface area contributed by atoms with Gasteiger partial charge in [-0.1, -0.05) is 23.2 Å². The van der Waals surface area contributed by atoms with Crippen LogP contribution in [0.15, 0.2) is 59.5 Å². The summed E-state index contributed by atoms with van der Waals surface area (Å²) in [6, 6.07) is 11.4. The van der Waals surface area contributed by atoms with Crippen molar-refractivity contribution in [1.82, 2.24) is 9.97 Å². The first-order valence-electron chi connectivity index (χ1n) is 7.12. The zero-order valence-corrected chi connectivity index (χ0v) is 14.1. The van der Waals surface area contributed by atoms with Crippen molar-refractivity contribution in [3.8, 4) is 0 Å². The third kappa shape index (κ3) is 3.95. The summed E-state index contributed by atoms with van der Waals surface area (Å²) in [4.78, 5) is 17.4. The molecule has 4 rings (SSSR count). The van der Waals surface area contributed by atoms with Gasteiger partial charge in [-0.2, -0.15) is 0 Å². The van der Waals surface area contributed by atoms with Crippen LogP contribution in [0.4, 0.5) is 8.78 Å². The van der Waals surface area contributed by atoms with Crippen molar-refractivity contribution in [2.45, 2.75) is 0 Å². The Morgan fingerprint density at radius 1 is 0.840 bits per heavy atom. The first-order valence-corrected chi connectivity index (χ1v) is 7.87. The lowest BCUT2D eigenvalue weighted by Gasteiger charge is -1.98. The number of pyridine rings is 2.